The standard InChI is InChI=1S/C32H32ClN3O10/c1-13-9-15-21(27(37)32(13)28(38)22-16(41-4)12-17(42-5)24(33)26(22)46-32)20(14-10-18(43-6)25(45-8)19(11-14)44-7)23-29(34-15)35(2)31(40)36(3)30(23)39/h10-13,20,34H,9H2,1-8H3. The Morgan fingerprint density at radius 1 is 0.848 bits per heavy atom. The Balaban J connectivity index is 1.65. The van der Waals surface area contributed by atoms with Gasteiger partial charge in [-0.1, -0.05) is 18.5 Å². The zero-order valence-corrected chi connectivity index (χ0v) is 27.2. The van der Waals surface area contributed by atoms with Crippen molar-refractivity contribution in [3.63, 3.8) is 0 Å². The molecule has 242 valence electrons. The van der Waals surface area contributed by atoms with E-state index in [2.05, 4.69) is 5.32 Å². The average molecular weight is 654 g/mol. The molecule has 0 amide bonds. The minimum atomic E-state index is -2.05. The Morgan fingerprint density at radius 2 is 1.46 bits per heavy atom. The fourth-order valence-corrected chi connectivity index (χ4v) is 7.05. The number of methoxy groups -OCH3 is 5. The van der Waals surface area contributed by atoms with Gasteiger partial charge >= 0.3 is 5.69 Å². The van der Waals surface area contributed by atoms with Gasteiger partial charge in [-0.05, 0) is 24.1 Å². The van der Waals surface area contributed by atoms with Crippen LogP contribution in [-0.2, 0) is 18.9 Å². The summed E-state index contributed by atoms with van der Waals surface area (Å²) in [6, 6.07) is 4.72. The van der Waals surface area contributed by atoms with Gasteiger partial charge in [0.2, 0.25) is 22.9 Å². The van der Waals surface area contributed by atoms with Crippen molar-refractivity contribution in [2.75, 3.05) is 40.9 Å². The van der Waals surface area contributed by atoms with Gasteiger partial charge in [-0.2, -0.15) is 0 Å². The number of rotatable bonds is 6. The first kappa shape index (κ1) is 31.1. The topological polar surface area (TPSA) is 146 Å². The zero-order valence-electron chi connectivity index (χ0n) is 26.4. The normalized spacial score (nSPS) is 21.2. The number of allylic oxidation sites excluding steroid dienone is 1. The van der Waals surface area contributed by atoms with Crippen LogP contribution in [0.3, 0.4) is 0 Å². The van der Waals surface area contributed by atoms with Crippen LogP contribution in [0.15, 0.2) is 39.1 Å². The second kappa shape index (κ2) is 10.9. The van der Waals surface area contributed by atoms with Gasteiger partial charge in [0.1, 0.15) is 27.9 Å². The molecule has 3 aliphatic rings. The van der Waals surface area contributed by atoms with Crippen LogP contribution in [0.2, 0.25) is 5.02 Å². The first-order chi connectivity index (χ1) is 21.9. The third kappa shape index (κ3) is 3.93. The number of ether oxygens (including phenoxy) is 6. The van der Waals surface area contributed by atoms with E-state index in [0.717, 1.165) is 4.57 Å². The molecule has 2 aliphatic heterocycles. The lowest BCUT2D eigenvalue weighted by Crippen LogP contribution is -2.58. The lowest BCUT2D eigenvalue weighted by molar-refractivity contribution is -0.130. The summed E-state index contributed by atoms with van der Waals surface area (Å²) in [5.41, 5.74) is -2.16. The van der Waals surface area contributed by atoms with Crippen LogP contribution in [-0.4, -0.2) is 61.9 Å². The molecule has 14 heteroatoms. The Labute approximate surface area is 268 Å². The van der Waals surface area contributed by atoms with Crippen molar-refractivity contribution in [2.24, 2.45) is 20.0 Å². The van der Waals surface area contributed by atoms with Crippen LogP contribution in [0.1, 0.15) is 40.7 Å². The molecule has 0 saturated heterocycles. The third-order valence-electron chi connectivity index (χ3n) is 9.10. The molecule has 0 fully saturated rings. The van der Waals surface area contributed by atoms with Crippen molar-refractivity contribution in [3.8, 4) is 34.5 Å². The number of hydrogen-bond donors (Lipinski definition) is 1. The highest BCUT2D eigenvalue weighted by Crippen LogP contribution is 2.57. The smallest absolute Gasteiger partial charge is 0.332 e. The summed E-state index contributed by atoms with van der Waals surface area (Å²) >= 11 is 6.63. The second-order valence-electron chi connectivity index (χ2n) is 11.3. The number of nitrogens with one attached hydrogen (secondary N) is 1. The molecule has 13 nitrogen and oxygen atoms in total. The van der Waals surface area contributed by atoms with Gasteiger partial charge in [-0.3, -0.25) is 23.5 Å². The van der Waals surface area contributed by atoms with Gasteiger partial charge in [0.15, 0.2) is 17.2 Å². The number of hydrogen-bond acceptors (Lipinski definition) is 11. The summed E-state index contributed by atoms with van der Waals surface area (Å²) in [5, 5.41) is 3.21. The van der Waals surface area contributed by atoms with E-state index < -0.39 is 40.3 Å². The number of ketones is 2. The van der Waals surface area contributed by atoms with Crippen LogP contribution in [0.4, 0.5) is 5.82 Å². The summed E-state index contributed by atoms with van der Waals surface area (Å²) in [6.45, 7) is 1.72. The maximum absolute atomic E-state index is 15.1. The van der Waals surface area contributed by atoms with Gasteiger partial charge in [-0.15, -0.1) is 0 Å². The first-order valence-corrected chi connectivity index (χ1v) is 14.6. The second-order valence-corrected chi connectivity index (χ2v) is 11.7. The number of carbonyl (C=O) groups excluding carboxylic acids is 2. The minimum absolute atomic E-state index is 0.0143. The number of carbonyl (C=O) groups is 2. The number of Topliss-reactive ketones (excluding diaryl/α,β-unsaturated/α-hetero) is 2. The van der Waals surface area contributed by atoms with Crippen LogP contribution >= 0.6 is 11.6 Å². The molecule has 0 saturated carbocycles. The molecular formula is C32H32ClN3O10. The highest BCUT2D eigenvalue weighted by atomic mass is 35.5. The largest absolute Gasteiger partial charge is 0.496 e. The fourth-order valence-electron chi connectivity index (χ4n) is 6.79. The van der Waals surface area contributed by atoms with Gasteiger partial charge in [-0.25, -0.2) is 4.79 Å². The number of fused-ring (bicyclic) bond motifs is 2. The highest BCUT2D eigenvalue weighted by molar-refractivity contribution is 6.36. The molecule has 6 rings (SSSR count). The van der Waals surface area contributed by atoms with Gasteiger partial charge in [0.05, 0.1) is 41.1 Å². The van der Waals surface area contributed by atoms with E-state index in [1.54, 1.807) is 19.1 Å². The highest BCUT2D eigenvalue weighted by Gasteiger charge is 2.64. The Hall–Kier alpha value is -4.91. The molecule has 1 aromatic heterocycles. The molecule has 46 heavy (non-hydrogen) atoms. The predicted molar refractivity (Wildman–Crippen MR) is 167 cm³/mol. The van der Waals surface area contributed by atoms with E-state index in [9.17, 15) is 14.4 Å². The van der Waals surface area contributed by atoms with Crippen molar-refractivity contribution >= 4 is 29.0 Å². The number of aromatic nitrogens is 2. The Bertz CT molecular complexity index is 1990. The van der Waals surface area contributed by atoms with Gasteiger partial charge < -0.3 is 33.7 Å². The number of anilines is 1. The number of halogens is 1. The van der Waals surface area contributed by atoms with Crippen molar-refractivity contribution in [1.29, 1.82) is 0 Å². The van der Waals surface area contributed by atoms with Crippen molar-refractivity contribution in [3.05, 3.63) is 72.0 Å². The summed E-state index contributed by atoms with van der Waals surface area (Å²) in [5.74, 6) is -1.74. The molecule has 1 N–H and O–H groups in total. The van der Waals surface area contributed by atoms with Crippen LogP contribution in [0, 0.1) is 5.92 Å². The lowest BCUT2D eigenvalue weighted by Gasteiger charge is -2.42. The maximum atomic E-state index is 15.1. The summed E-state index contributed by atoms with van der Waals surface area (Å²) in [4.78, 5) is 56.5. The number of benzene rings is 2. The molecule has 3 atom stereocenters. The van der Waals surface area contributed by atoms with E-state index in [-0.39, 0.29) is 62.7 Å². The Kier molecular flexibility index (Phi) is 7.34. The van der Waals surface area contributed by atoms with Crippen LogP contribution in [0.5, 0.6) is 34.5 Å². The van der Waals surface area contributed by atoms with E-state index in [4.69, 9.17) is 40.0 Å². The van der Waals surface area contributed by atoms with E-state index in [0.29, 0.717) is 17.0 Å². The van der Waals surface area contributed by atoms with E-state index in [1.165, 1.54) is 60.3 Å². The zero-order chi connectivity index (χ0) is 33.4. The Morgan fingerprint density at radius 3 is 2.02 bits per heavy atom. The van der Waals surface area contributed by atoms with Crippen LogP contribution in [0.25, 0.3) is 0 Å². The monoisotopic (exact) mass is 653 g/mol. The molecule has 1 spiro atoms. The summed E-state index contributed by atoms with van der Waals surface area (Å²) < 4.78 is 36.3. The lowest BCUT2D eigenvalue weighted by atomic mass is 9.66. The minimum Gasteiger partial charge on any atom is -0.496 e. The third-order valence-corrected chi connectivity index (χ3v) is 9.45. The molecule has 2 aromatic carbocycles. The van der Waals surface area contributed by atoms with E-state index >= 15 is 4.79 Å². The van der Waals surface area contributed by atoms with Gasteiger partial charge in [0, 0.05) is 43.3 Å². The van der Waals surface area contributed by atoms with E-state index in [1.807, 2.05) is 0 Å². The quantitative estimate of drug-likeness (QED) is 0.392. The summed E-state index contributed by atoms with van der Waals surface area (Å²) in [6.07, 6.45) is 0.141. The first-order valence-electron chi connectivity index (χ1n) is 14.2. The fraction of sp³-hybridized carbons (Fsp3) is 0.375. The van der Waals surface area contributed by atoms with Gasteiger partial charge in [0.25, 0.3) is 5.56 Å². The molecule has 3 unspecified atom stereocenters. The predicted octanol–water partition coefficient (Wildman–Crippen LogP) is 3.21. The van der Waals surface area contributed by atoms with Crippen molar-refractivity contribution < 1.29 is 38.0 Å². The van der Waals surface area contributed by atoms with Crippen molar-refractivity contribution in [1.82, 2.24) is 9.13 Å². The molecule has 3 heterocycles. The molecule has 0 radical (unpaired) electrons. The maximum Gasteiger partial charge on any atom is 0.332 e. The number of nitrogens with zero attached hydrogens (tertiary/aromatic N) is 2. The molecule has 1 aliphatic carbocycles. The van der Waals surface area contributed by atoms with Crippen molar-refractivity contribution in [2.45, 2.75) is 24.9 Å². The molecular weight excluding hydrogens is 622 g/mol. The molecule has 0 bridgehead atoms. The SMILES string of the molecule is COc1cc(OC)c2c(c1Cl)OC1(C(=O)C3=C(CC1C)Nc1c(c(=O)n(C)c(=O)n1C)C3c1cc(OC)c(OC)c(OC)c1)C2=O. The van der Waals surface area contributed by atoms with Crippen LogP contribution < -0.4 is 45.0 Å². The summed E-state index contributed by atoms with van der Waals surface area (Å²) in [7, 11) is 10.0. The molecule has 3 aromatic rings. The average Bonchev–Trinajstić information content (AvgIpc) is 3.38.